The molecule has 0 radical (unpaired) electrons. The van der Waals surface area contributed by atoms with Crippen molar-refractivity contribution in [3.8, 4) is 0 Å². The second-order valence-electron chi connectivity index (χ2n) is 4.86. The first kappa shape index (κ1) is 14.3. The molecule has 0 aliphatic carbocycles. The molecule has 1 atom stereocenters. The largest absolute Gasteiger partial charge is 0.384 e. The number of rotatable bonds is 4. The van der Waals surface area contributed by atoms with Gasteiger partial charge >= 0.3 is 0 Å². The second kappa shape index (κ2) is 5.88. The maximum atomic E-state index is 12.7. The molecule has 1 aliphatic rings. The Morgan fingerprint density at radius 3 is 2.95 bits per heavy atom. The molecule has 2 heterocycles. The van der Waals surface area contributed by atoms with Crippen LogP contribution in [0.15, 0.2) is 23.4 Å². The van der Waals surface area contributed by atoms with Gasteiger partial charge in [0, 0.05) is 31.5 Å². The Morgan fingerprint density at radius 2 is 2.26 bits per heavy atom. The van der Waals surface area contributed by atoms with Crippen molar-refractivity contribution in [1.29, 1.82) is 0 Å². The van der Waals surface area contributed by atoms with Crippen molar-refractivity contribution in [1.82, 2.24) is 9.29 Å². The lowest BCUT2D eigenvalue weighted by atomic mass is 10.1. The Kier molecular flexibility index (Phi) is 4.42. The van der Waals surface area contributed by atoms with Gasteiger partial charge in [0.05, 0.1) is 5.69 Å². The highest BCUT2D eigenvalue weighted by Crippen LogP contribution is 2.28. The number of hydrogen-bond donors (Lipinski definition) is 1. The van der Waals surface area contributed by atoms with E-state index < -0.39 is 10.0 Å². The topological polar surface area (TPSA) is 62.3 Å². The summed E-state index contributed by atoms with van der Waals surface area (Å²) in [5.74, 6) is 0. The molecule has 0 aromatic carbocycles. The van der Waals surface area contributed by atoms with Crippen molar-refractivity contribution in [2.45, 2.75) is 44.0 Å². The van der Waals surface area contributed by atoms with Gasteiger partial charge in [-0.15, -0.1) is 0 Å². The molecule has 106 valence electrons. The molecule has 1 saturated heterocycles. The summed E-state index contributed by atoms with van der Waals surface area (Å²) >= 11 is 0. The predicted molar refractivity (Wildman–Crippen MR) is 75.6 cm³/mol. The number of nitrogens with zero attached hydrogens (tertiary/aromatic N) is 2. The van der Waals surface area contributed by atoms with Crippen LogP contribution < -0.4 is 5.32 Å². The van der Waals surface area contributed by atoms with E-state index in [1.54, 1.807) is 16.6 Å². The summed E-state index contributed by atoms with van der Waals surface area (Å²) < 4.78 is 27.1. The van der Waals surface area contributed by atoms with Crippen LogP contribution in [0, 0.1) is 0 Å². The summed E-state index contributed by atoms with van der Waals surface area (Å²) in [5, 5.41) is 3.09. The van der Waals surface area contributed by atoms with Gasteiger partial charge in [-0.2, -0.15) is 4.31 Å². The Morgan fingerprint density at radius 1 is 1.47 bits per heavy atom. The third-order valence-electron chi connectivity index (χ3n) is 3.48. The van der Waals surface area contributed by atoms with Crippen molar-refractivity contribution >= 4 is 15.7 Å². The van der Waals surface area contributed by atoms with Gasteiger partial charge < -0.3 is 5.32 Å². The van der Waals surface area contributed by atoms with Gasteiger partial charge in [-0.3, -0.25) is 4.98 Å². The molecule has 0 bridgehead atoms. The van der Waals surface area contributed by atoms with Crippen LogP contribution in [0.4, 0.5) is 5.69 Å². The SMILES string of the molecule is CCNc1ccncc1S(=O)(=O)N1CCCCC1C. The zero-order valence-electron chi connectivity index (χ0n) is 11.5. The highest BCUT2D eigenvalue weighted by Gasteiger charge is 2.32. The molecule has 0 amide bonds. The molecule has 0 spiro atoms. The van der Waals surface area contributed by atoms with Crippen LogP contribution in [0.3, 0.4) is 0 Å². The van der Waals surface area contributed by atoms with Crippen LogP contribution in [-0.4, -0.2) is 36.8 Å². The van der Waals surface area contributed by atoms with E-state index in [4.69, 9.17) is 0 Å². The van der Waals surface area contributed by atoms with Crippen molar-refractivity contribution in [3.63, 3.8) is 0 Å². The second-order valence-corrected chi connectivity index (χ2v) is 6.72. The van der Waals surface area contributed by atoms with E-state index >= 15 is 0 Å². The zero-order valence-corrected chi connectivity index (χ0v) is 12.3. The molecule has 6 heteroatoms. The molecule has 1 aromatic rings. The van der Waals surface area contributed by atoms with Crippen LogP contribution in [0.5, 0.6) is 0 Å². The highest BCUT2D eigenvalue weighted by atomic mass is 32.2. The van der Waals surface area contributed by atoms with E-state index in [9.17, 15) is 8.42 Å². The van der Waals surface area contributed by atoms with Gasteiger partial charge in [-0.25, -0.2) is 8.42 Å². The standard InChI is InChI=1S/C13H21N3O2S/c1-3-15-12-7-8-14-10-13(12)19(17,18)16-9-5-4-6-11(16)2/h7-8,10-11H,3-6,9H2,1-2H3,(H,14,15). The summed E-state index contributed by atoms with van der Waals surface area (Å²) in [7, 11) is -3.46. The minimum absolute atomic E-state index is 0.0634. The monoisotopic (exact) mass is 283 g/mol. The van der Waals surface area contributed by atoms with E-state index in [1.807, 2.05) is 13.8 Å². The van der Waals surface area contributed by atoms with Crippen LogP contribution in [0.1, 0.15) is 33.1 Å². The van der Waals surface area contributed by atoms with Crippen molar-refractivity contribution in [3.05, 3.63) is 18.5 Å². The first-order valence-corrected chi connectivity index (χ1v) is 8.21. The smallest absolute Gasteiger partial charge is 0.246 e. The van der Waals surface area contributed by atoms with Crippen LogP contribution >= 0.6 is 0 Å². The Bertz CT molecular complexity index is 530. The molecule has 1 aliphatic heterocycles. The van der Waals surface area contributed by atoms with Gasteiger partial charge in [-0.05, 0) is 32.8 Å². The molecule has 1 aromatic heterocycles. The molecular weight excluding hydrogens is 262 g/mol. The minimum Gasteiger partial charge on any atom is -0.384 e. The molecule has 1 N–H and O–H groups in total. The predicted octanol–water partition coefficient (Wildman–Crippen LogP) is 2.08. The molecule has 19 heavy (non-hydrogen) atoms. The van der Waals surface area contributed by atoms with Gasteiger partial charge in [0.2, 0.25) is 10.0 Å². The summed E-state index contributed by atoms with van der Waals surface area (Å²) in [6.07, 6.45) is 6.00. The Balaban J connectivity index is 2.38. The highest BCUT2D eigenvalue weighted by molar-refractivity contribution is 7.89. The average molecular weight is 283 g/mol. The van der Waals surface area contributed by atoms with Crippen molar-refractivity contribution < 1.29 is 8.42 Å². The lowest BCUT2D eigenvalue weighted by molar-refractivity contribution is 0.268. The first-order valence-electron chi connectivity index (χ1n) is 6.77. The minimum atomic E-state index is -3.46. The quantitative estimate of drug-likeness (QED) is 0.919. The maximum Gasteiger partial charge on any atom is 0.246 e. The molecule has 1 fully saturated rings. The van der Waals surface area contributed by atoms with Crippen LogP contribution in [-0.2, 0) is 10.0 Å². The number of pyridine rings is 1. The average Bonchev–Trinajstić information content (AvgIpc) is 2.40. The fourth-order valence-electron chi connectivity index (χ4n) is 2.48. The number of hydrogen-bond acceptors (Lipinski definition) is 4. The van der Waals surface area contributed by atoms with Crippen molar-refractivity contribution in [2.75, 3.05) is 18.4 Å². The third-order valence-corrected chi connectivity index (χ3v) is 5.52. The Hall–Kier alpha value is -1.14. The van der Waals surface area contributed by atoms with Crippen LogP contribution in [0.2, 0.25) is 0 Å². The molecule has 0 saturated carbocycles. The normalized spacial score (nSPS) is 21.3. The third kappa shape index (κ3) is 2.90. The van der Waals surface area contributed by atoms with Crippen LogP contribution in [0.25, 0.3) is 0 Å². The number of piperidine rings is 1. The Labute approximate surface area is 115 Å². The fraction of sp³-hybridized carbons (Fsp3) is 0.615. The number of anilines is 1. The van der Waals surface area contributed by atoms with Gasteiger partial charge in [0.1, 0.15) is 4.90 Å². The van der Waals surface area contributed by atoms with E-state index in [0.29, 0.717) is 18.8 Å². The summed E-state index contributed by atoms with van der Waals surface area (Å²) in [6.45, 7) is 5.20. The maximum absolute atomic E-state index is 12.7. The van der Waals surface area contributed by atoms with Gasteiger partial charge in [-0.1, -0.05) is 6.42 Å². The number of nitrogens with one attached hydrogen (secondary N) is 1. The molecule has 2 rings (SSSR count). The summed E-state index contributed by atoms with van der Waals surface area (Å²) in [4.78, 5) is 4.25. The number of aromatic nitrogens is 1. The van der Waals surface area contributed by atoms with E-state index in [-0.39, 0.29) is 10.9 Å². The lowest BCUT2D eigenvalue weighted by Crippen LogP contribution is -2.42. The summed E-state index contributed by atoms with van der Waals surface area (Å²) in [5.41, 5.74) is 0.635. The van der Waals surface area contributed by atoms with Gasteiger partial charge in [0.15, 0.2) is 0 Å². The lowest BCUT2D eigenvalue weighted by Gasteiger charge is -2.32. The van der Waals surface area contributed by atoms with Gasteiger partial charge in [0.25, 0.3) is 0 Å². The molecule has 5 nitrogen and oxygen atoms in total. The number of sulfonamides is 1. The first-order chi connectivity index (χ1) is 9.07. The summed E-state index contributed by atoms with van der Waals surface area (Å²) in [6, 6.07) is 1.78. The molecular formula is C13H21N3O2S. The van der Waals surface area contributed by atoms with E-state index in [2.05, 4.69) is 10.3 Å². The zero-order chi connectivity index (χ0) is 13.9. The molecule has 1 unspecified atom stereocenters. The van der Waals surface area contributed by atoms with E-state index in [1.165, 1.54) is 6.20 Å². The van der Waals surface area contributed by atoms with E-state index in [0.717, 1.165) is 19.3 Å². The van der Waals surface area contributed by atoms with Crippen molar-refractivity contribution in [2.24, 2.45) is 0 Å². The fourth-order valence-corrected chi connectivity index (χ4v) is 4.29.